The minimum atomic E-state index is -1.35. The first-order valence-electron chi connectivity index (χ1n) is 8.07. The van der Waals surface area contributed by atoms with Gasteiger partial charge in [0.05, 0.1) is 36.9 Å². The van der Waals surface area contributed by atoms with Gasteiger partial charge in [0.2, 0.25) is 0 Å². The third-order valence-corrected chi connectivity index (χ3v) is 3.51. The molecule has 7 nitrogen and oxygen atoms in total. The molecular formula is C19H19N2O5-. The summed E-state index contributed by atoms with van der Waals surface area (Å²) in [5, 5.41) is 32.4. The average Bonchev–Trinajstić information content (AvgIpc) is 2.65. The van der Waals surface area contributed by atoms with E-state index in [9.17, 15) is 9.90 Å². The van der Waals surface area contributed by atoms with Gasteiger partial charge in [0.15, 0.2) is 0 Å². The van der Waals surface area contributed by atoms with Gasteiger partial charge in [-0.15, -0.1) is 0 Å². The molecule has 0 bridgehead atoms. The molecule has 0 aliphatic carbocycles. The zero-order valence-corrected chi connectivity index (χ0v) is 14.3. The molecular weight excluding hydrogens is 336 g/mol. The number of ether oxygens (including phenoxy) is 2. The molecule has 2 rings (SSSR count). The lowest BCUT2D eigenvalue weighted by Crippen LogP contribution is -2.34. The molecule has 0 amide bonds. The van der Waals surface area contributed by atoms with Crippen LogP contribution in [0.25, 0.3) is 0 Å². The number of carboxylic acid groups (broad SMARTS) is 1. The number of nitrogens with one attached hydrogen (secondary N) is 1. The van der Waals surface area contributed by atoms with E-state index in [1.54, 1.807) is 42.5 Å². The van der Waals surface area contributed by atoms with Crippen molar-refractivity contribution in [3.8, 4) is 17.6 Å². The van der Waals surface area contributed by atoms with E-state index in [0.717, 1.165) is 0 Å². The molecule has 2 aromatic rings. The number of aliphatic carboxylic acids is 1. The van der Waals surface area contributed by atoms with Crippen LogP contribution in [-0.4, -0.2) is 30.9 Å². The molecule has 0 heterocycles. The molecule has 0 aliphatic rings. The lowest BCUT2D eigenvalue weighted by Gasteiger charge is -2.24. The van der Waals surface area contributed by atoms with Crippen LogP contribution in [0.2, 0.25) is 0 Å². The van der Waals surface area contributed by atoms with Gasteiger partial charge in [-0.25, -0.2) is 0 Å². The predicted molar refractivity (Wildman–Crippen MR) is 92.7 cm³/mol. The number of anilines is 1. The maximum absolute atomic E-state index is 11.8. The normalized spacial score (nSPS) is 11.3. The first-order chi connectivity index (χ1) is 12.6. The number of carbonyl (C=O) groups is 1. The van der Waals surface area contributed by atoms with Crippen LogP contribution < -0.4 is 19.9 Å². The minimum absolute atomic E-state index is 0.0254. The molecule has 136 valence electrons. The second-order valence-electron chi connectivity index (χ2n) is 5.29. The first kappa shape index (κ1) is 19.1. The molecule has 0 aromatic heterocycles. The van der Waals surface area contributed by atoms with Crippen molar-refractivity contribution in [3.05, 3.63) is 53.6 Å². The Kier molecular flexibility index (Phi) is 6.83. The highest BCUT2D eigenvalue weighted by atomic mass is 16.5. The van der Waals surface area contributed by atoms with Crippen LogP contribution in [0, 0.1) is 11.3 Å². The Morgan fingerprint density at radius 3 is 2.58 bits per heavy atom. The molecule has 0 fully saturated rings. The van der Waals surface area contributed by atoms with Crippen LogP contribution in [-0.2, 0) is 4.79 Å². The monoisotopic (exact) mass is 355 g/mol. The van der Waals surface area contributed by atoms with Gasteiger partial charge in [0.25, 0.3) is 0 Å². The standard InChI is InChI=1S/C19H20N2O5/c1-2-25-15-7-8-17(26-10-9-22)16(11-15)18(19(23)24)21-14-5-3-13(12-20)4-6-14/h3-8,11,18,21-22H,2,9-10H2,1H3,(H,23,24)/p-1. The summed E-state index contributed by atoms with van der Waals surface area (Å²) in [4.78, 5) is 11.8. The summed E-state index contributed by atoms with van der Waals surface area (Å²) in [7, 11) is 0. The highest BCUT2D eigenvalue weighted by Crippen LogP contribution is 2.32. The van der Waals surface area contributed by atoms with Crippen molar-refractivity contribution < 1.29 is 24.5 Å². The van der Waals surface area contributed by atoms with Gasteiger partial charge < -0.3 is 29.8 Å². The molecule has 0 spiro atoms. The van der Waals surface area contributed by atoms with Gasteiger partial charge in [0.1, 0.15) is 18.1 Å². The van der Waals surface area contributed by atoms with Crippen molar-refractivity contribution in [3.63, 3.8) is 0 Å². The fraction of sp³-hybridized carbons (Fsp3) is 0.263. The molecule has 7 heteroatoms. The number of benzene rings is 2. The van der Waals surface area contributed by atoms with Crippen LogP contribution >= 0.6 is 0 Å². The van der Waals surface area contributed by atoms with Gasteiger partial charge >= 0.3 is 0 Å². The quantitative estimate of drug-likeness (QED) is 0.695. The van der Waals surface area contributed by atoms with E-state index < -0.39 is 12.0 Å². The fourth-order valence-electron chi connectivity index (χ4n) is 2.37. The summed E-state index contributed by atoms with van der Waals surface area (Å²) >= 11 is 0. The van der Waals surface area contributed by atoms with Crippen LogP contribution in [0.15, 0.2) is 42.5 Å². The molecule has 0 aliphatic heterocycles. The van der Waals surface area contributed by atoms with Crippen molar-refractivity contribution in [2.24, 2.45) is 0 Å². The number of rotatable bonds is 9. The maximum atomic E-state index is 11.8. The Morgan fingerprint density at radius 2 is 2.00 bits per heavy atom. The van der Waals surface area contributed by atoms with Crippen LogP contribution in [0.4, 0.5) is 5.69 Å². The van der Waals surface area contributed by atoms with Gasteiger partial charge in [0, 0.05) is 11.3 Å². The van der Waals surface area contributed by atoms with E-state index in [4.69, 9.17) is 19.8 Å². The lowest BCUT2D eigenvalue weighted by molar-refractivity contribution is -0.307. The van der Waals surface area contributed by atoms with E-state index >= 15 is 0 Å². The number of aliphatic hydroxyl groups excluding tert-OH is 1. The summed E-state index contributed by atoms with van der Waals surface area (Å²) in [6.07, 6.45) is 0. The van der Waals surface area contributed by atoms with Crippen LogP contribution in [0.3, 0.4) is 0 Å². The highest BCUT2D eigenvalue weighted by molar-refractivity contribution is 5.79. The summed E-state index contributed by atoms with van der Waals surface area (Å²) in [5.74, 6) is -0.554. The average molecular weight is 355 g/mol. The zero-order chi connectivity index (χ0) is 18.9. The Morgan fingerprint density at radius 1 is 1.27 bits per heavy atom. The SMILES string of the molecule is CCOc1ccc(OCCO)c(C(Nc2ccc(C#N)cc2)C(=O)[O-])c1. The Balaban J connectivity index is 2.37. The van der Waals surface area contributed by atoms with E-state index in [-0.39, 0.29) is 13.2 Å². The van der Waals surface area contributed by atoms with Crippen LogP contribution in [0.1, 0.15) is 24.1 Å². The predicted octanol–water partition coefficient (Wildman–Crippen LogP) is 1.23. The van der Waals surface area contributed by atoms with E-state index in [0.29, 0.717) is 34.9 Å². The molecule has 0 radical (unpaired) electrons. The fourth-order valence-corrected chi connectivity index (χ4v) is 2.37. The van der Waals surface area contributed by atoms with E-state index in [2.05, 4.69) is 5.32 Å². The lowest BCUT2D eigenvalue weighted by atomic mass is 10.0. The molecule has 0 saturated heterocycles. The van der Waals surface area contributed by atoms with Gasteiger partial charge in [-0.3, -0.25) is 0 Å². The zero-order valence-electron chi connectivity index (χ0n) is 14.3. The molecule has 2 N–H and O–H groups in total. The van der Waals surface area contributed by atoms with Crippen molar-refractivity contribution >= 4 is 11.7 Å². The number of carboxylic acids is 1. The number of aliphatic hydroxyl groups is 1. The van der Waals surface area contributed by atoms with Gasteiger partial charge in [-0.1, -0.05) is 0 Å². The highest BCUT2D eigenvalue weighted by Gasteiger charge is 2.19. The summed E-state index contributed by atoms with van der Waals surface area (Å²) in [6, 6.07) is 12.0. The topological polar surface area (TPSA) is 115 Å². The molecule has 1 atom stereocenters. The molecule has 1 unspecified atom stereocenters. The summed E-state index contributed by atoms with van der Waals surface area (Å²) in [6.45, 7) is 2.07. The maximum Gasteiger partial charge on any atom is 0.125 e. The summed E-state index contributed by atoms with van der Waals surface area (Å²) in [5.41, 5.74) is 1.28. The van der Waals surface area contributed by atoms with Crippen molar-refractivity contribution in [1.82, 2.24) is 0 Å². The van der Waals surface area contributed by atoms with Crippen molar-refractivity contribution in [2.75, 3.05) is 25.1 Å². The van der Waals surface area contributed by atoms with Crippen molar-refractivity contribution in [2.45, 2.75) is 13.0 Å². The number of hydrogen-bond donors (Lipinski definition) is 2. The second kappa shape index (κ2) is 9.30. The Bertz CT molecular complexity index is 784. The van der Waals surface area contributed by atoms with E-state index in [1.807, 2.05) is 13.0 Å². The molecule has 26 heavy (non-hydrogen) atoms. The smallest absolute Gasteiger partial charge is 0.125 e. The number of hydrogen-bond acceptors (Lipinski definition) is 7. The van der Waals surface area contributed by atoms with Crippen LogP contribution in [0.5, 0.6) is 11.5 Å². The third kappa shape index (κ3) is 4.88. The minimum Gasteiger partial charge on any atom is -0.548 e. The van der Waals surface area contributed by atoms with Gasteiger partial charge in [-0.05, 0) is 49.4 Å². The second-order valence-corrected chi connectivity index (χ2v) is 5.29. The third-order valence-electron chi connectivity index (χ3n) is 3.51. The number of carbonyl (C=O) groups excluding carboxylic acids is 1. The summed E-state index contributed by atoms with van der Waals surface area (Å²) < 4.78 is 10.9. The largest absolute Gasteiger partial charge is 0.548 e. The Labute approximate surface area is 151 Å². The van der Waals surface area contributed by atoms with Crippen molar-refractivity contribution in [1.29, 1.82) is 5.26 Å². The number of nitrogens with zero attached hydrogens (tertiary/aromatic N) is 1. The van der Waals surface area contributed by atoms with E-state index in [1.165, 1.54) is 0 Å². The van der Waals surface area contributed by atoms with Gasteiger partial charge in [-0.2, -0.15) is 5.26 Å². The number of nitriles is 1. The molecule has 2 aromatic carbocycles. The molecule has 0 saturated carbocycles. The first-order valence-corrected chi connectivity index (χ1v) is 8.07. The Hall–Kier alpha value is -3.24.